The van der Waals surface area contributed by atoms with Gasteiger partial charge in [-0.1, -0.05) is 0 Å². The summed E-state index contributed by atoms with van der Waals surface area (Å²) in [6.07, 6.45) is 0.137. The van der Waals surface area contributed by atoms with E-state index >= 15 is 0 Å². The predicted octanol–water partition coefficient (Wildman–Crippen LogP) is 3.20. The molecule has 0 radical (unpaired) electrons. The van der Waals surface area contributed by atoms with Crippen LogP contribution in [0.5, 0.6) is 23.0 Å². The molecule has 0 aliphatic carbocycles. The van der Waals surface area contributed by atoms with E-state index in [4.69, 9.17) is 18.9 Å². The molecule has 2 amide bonds. The van der Waals surface area contributed by atoms with Crippen molar-refractivity contribution >= 4 is 23.2 Å². The Bertz CT molecular complexity index is 1000. The summed E-state index contributed by atoms with van der Waals surface area (Å²) in [7, 11) is 3.09. The lowest BCUT2D eigenvalue weighted by Gasteiger charge is -2.18. The van der Waals surface area contributed by atoms with Gasteiger partial charge in [0.1, 0.15) is 0 Å². The van der Waals surface area contributed by atoms with Crippen molar-refractivity contribution in [3.8, 4) is 23.0 Å². The van der Waals surface area contributed by atoms with Gasteiger partial charge in [-0.15, -0.1) is 0 Å². The number of rotatable bonds is 5. The van der Waals surface area contributed by atoms with Gasteiger partial charge in [0.15, 0.2) is 23.0 Å². The number of benzene rings is 2. The minimum atomic E-state index is -0.733. The Hall–Kier alpha value is -3.42. The number of methoxy groups -OCH3 is 2. The minimum Gasteiger partial charge on any atom is -0.493 e. The lowest BCUT2D eigenvalue weighted by atomic mass is 10.1. The second-order valence-corrected chi connectivity index (χ2v) is 7.70. The zero-order valence-electron chi connectivity index (χ0n) is 17.4. The smallest absolute Gasteiger partial charge is 0.246 e. The van der Waals surface area contributed by atoms with Crippen molar-refractivity contribution in [1.82, 2.24) is 0 Å². The second kappa shape index (κ2) is 7.44. The van der Waals surface area contributed by atoms with Gasteiger partial charge in [-0.05, 0) is 24.3 Å². The Morgan fingerprint density at radius 3 is 2.53 bits per heavy atom. The first kappa shape index (κ1) is 19.9. The molecule has 0 unspecified atom stereocenters. The van der Waals surface area contributed by atoms with Crippen molar-refractivity contribution in [3.63, 3.8) is 0 Å². The van der Waals surface area contributed by atoms with Gasteiger partial charge in [0.05, 0.1) is 20.1 Å². The molecule has 8 heteroatoms. The molecule has 1 fully saturated rings. The minimum absolute atomic E-state index is 0.116. The number of fused-ring (bicyclic) bond motifs is 1. The van der Waals surface area contributed by atoms with Crippen molar-refractivity contribution in [3.05, 3.63) is 36.4 Å². The first-order valence-electron chi connectivity index (χ1n) is 9.65. The zero-order valence-corrected chi connectivity index (χ0v) is 17.4. The first-order chi connectivity index (χ1) is 14.3. The molecule has 30 heavy (non-hydrogen) atoms. The highest BCUT2D eigenvalue weighted by molar-refractivity contribution is 6.03. The van der Waals surface area contributed by atoms with Crippen molar-refractivity contribution in [2.75, 3.05) is 31.0 Å². The summed E-state index contributed by atoms with van der Waals surface area (Å²) < 4.78 is 21.9. The summed E-state index contributed by atoms with van der Waals surface area (Å²) in [4.78, 5) is 26.9. The molecule has 1 atom stereocenters. The van der Waals surface area contributed by atoms with E-state index in [-0.39, 0.29) is 24.8 Å². The Morgan fingerprint density at radius 1 is 1.07 bits per heavy atom. The highest BCUT2D eigenvalue weighted by Gasteiger charge is 2.36. The van der Waals surface area contributed by atoms with Crippen LogP contribution in [0.3, 0.4) is 0 Å². The van der Waals surface area contributed by atoms with Crippen molar-refractivity contribution < 1.29 is 28.5 Å². The van der Waals surface area contributed by atoms with Crippen LogP contribution in [-0.2, 0) is 9.59 Å². The SMILES string of the molecule is COc1ccc(N2C[C@@H](C(=O)Nc3ccc4c(c3)OC(C)(C)O4)CC2=O)cc1OC. The average Bonchev–Trinajstić information content (AvgIpc) is 3.25. The molecule has 0 spiro atoms. The summed E-state index contributed by atoms with van der Waals surface area (Å²) >= 11 is 0. The number of hydrogen-bond donors (Lipinski definition) is 1. The monoisotopic (exact) mass is 412 g/mol. The number of ether oxygens (including phenoxy) is 4. The molecule has 0 saturated carbocycles. The van der Waals surface area contributed by atoms with E-state index in [0.717, 1.165) is 0 Å². The molecule has 4 rings (SSSR count). The fourth-order valence-electron chi connectivity index (χ4n) is 3.67. The molecular formula is C22H24N2O6. The van der Waals surface area contributed by atoms with E-state index in [1.165, 1.54) is 7.11 Å². The molecule has 2 aliphatic heterocycles. The predicted molar refractivity (Wildman–Crippen MR) is 110 cm³/mol. The van der Waals surface area contributed by atoms with Crippen LogP contribution in [0.15, 0.2) is 36.4 Å². The summed E-state index contributed by atoms with van der Waals surface area (Å²) in [5.74, 6) is 0.780. The molecule has 2 heterocycles. The average molecular weight is 412 g/mol. The largest absolute Gasteiger partial charge is 0.493 e. The van der Waals surface area contributed by atoms with E-state index in [1.54, 1.807) is 48.4 Å². The fraction of sp³-hybridized carbons (Fsp3) is 0.364. The van der Waals surface area contributed by atoms with Crippen LogP contribution in [0.2, 0.25) is 0 Å². The van der Waals surface area contributed by atoms with Gasteiger partial charge in [-0.25, -0.2) is 0 Å². The van der Waals surface area contributed by atoms with Gasteiger partial charge in [0.25, 0.3) is 0 Å². The Morgan fingerprint density at radius 2 is 1.80 bits per heavy atom. The molecular weight excluding hydrogens is 388 g/mol. The third-order valence-corrected chi connectivity index (χ3v) is 5.10. The van der Waals surface area contributed by atoms with E-state index < -0.39 is 11.7 Å². The van der Waals surface area contributed by atoms with E-state index in [1.807, 2.05) is 13.8 Å². The molecule has 2 aromatic carbocycles. The molecule has 8 nitrogen and oxygen atoms in total. The van der Waals surface area contributed by atoms with E-state index in [2.05, 4.69) is 5.32 Å². The standard InChI is InChI=1S/C22H24N2O6/c1-22(2)29-17-7-5-14(10-19(17)30-22)23-21(26)13-9-20(25)24(12-13)15-6-8-16(27-3)18(11-15)28-4/h5-8,10-11,13H,9,12H2,1-4H3,(H,23,26)/t13-/m0/s1. The molecule has 0 bridgehead atoms. The number of nitrogens with zero attached hydrogens (tertiary/aromatic N) is 1. The maximum atomic E-state index is 12.8. The van der Waals surface area contributed by atoms with E-state index in [9.17, 15) is 9.59 Å². The topological polar surface area (TPSA) is 86.3 Å². The van der Waals surface area contributed by atoms with Gasteiger partial charge < -0.3 is 29.2 Å². The highest BCUT2D eigenvalue weighted by atomic mass is 16.7. The molecule has 1 saturated heterocycles. The fourth-order valence-corrected chi connectivity index (χ4v) is 3.67. The molecule has 2 aliphatic rings. The second-order valence-electron chi connectivity index (χ2n) is 7.70. The zero-order chi connectivity index (χ0) is 21.5. The Balaban J connectivity index is 1.45. The number of anilines is 2. The summed E-state index contributed by atoms with van der Waals surface area (Å²) in [5, 5.41) is 2.88. The van der Waals surface area contributed by atoms with Crippen LogP contribution in [0.4, 0.5) is 11.4 Å². The number of amides is 2. The van der Waals surface area contributed by atoms with Crippen LogP contribution in [0.1, 0.15) is 20.3 Å². The molecule has 0 aromatic heterocycles. The molecule has 158 valence electrons. The maximum absolute atomic E-state index is 12.8. The Labute approximate surface area is 174 Å². The van der Waals surface area contributed by atoms with E-state index in [0.29, 0.717) is 34.4 Å². The van der Waals surface area contributed by atoms with Crippen molar-refractivity contribution in [2.24, 2.45) is 5.92 Å². The number of carbonyl (C=O) groups is 2. The van der Waals surface area contributed by atoms with Gasteiger partial charge in [-0.3, -0.25) is 9.59 Å². The van der Waals surface area contributed by atoms with Crippen LogP contribution in [0.25, 0.3) is 0 Å². The summed E-state index contributed by atoms with van der Waals surface area (Å²) in [6.45, 7) is 3.92. The van der Waals surface area contributed by atoms with Crippen LogP contribution < -0.4 is 29.2 Å². The van der Waals surface area contributed by atoms with Gasteiger partial charge in [0, 0.05) is 50.3 Å². The maximum Gasteiger partial charge on any atom is 0.246 e. The third-order valence-electron chi connectivity index (χ3n) is 5.10. The Kier molecular flexibility index (Phi) is 4.93. The van der Waals surface area contributed by atoms with Gasteiger partial charge >= 0.3 is 0 Å². The molecule has 1 N–H and O–H groups in total. The van der Waals surface area contributed by atoms with Gasteiger partial charge in [0.2, 0.25) is 17.6 Å². The normalized spacial score (nSPS) is 19.0. The third kappa shape index (κ3) is 3.72. The van der Waals surface area contributed by atoms with Crippen LogP contribution in [-0.4, -0.2) is 38.4 Å². The highest BCUT2D eigenvalue weighted by Crippen LogP contribution is 2.41. The van der Waals surface area contributed by atoms with Gasteiger partial charge in [-0.2, -0.15) is 0 Å². The molecule has 2 aromatic rings. The van der Waals surface area contributed by atoms with Crippen LogP contribution in [0, 0.1) is 5.92 Å². The quantitative estimate of drug-likeness (QED) is 0.812. The number of nitrogens with one attached hydrogen (secondary N) is 1. The summed E-state index contributed by atoms with van der Waals surface area (Å²) in [6, 6.07) is 10.5. The summed E-state index contributed by atoms with van der Waals surface area (Å²) in [5.41, 5.74) is 1.26. The van der Waals surface area contributed by atoms with Crippen molar-refractivity contribution in [1.29, 1.82) is 0 Å². The number of hydrogen-bond acceptors (Lipinski definition) is 6. The lowest BCUT2D eigenvalue weighted by Crippen LogP contribution is -2.29. The first-order valence-corrected chi connectivity index (χ1v) is 9.65. The number of carbonyl (C=O) groups excluding carboxylic acids is 2. The van der Waals surface area contributed by atoms with Crippen LogP contribution >= 0.6 is 0 Å². The lowest BCUT2D eigenvalue weighted by molar-refractivity contribution is -0.122. The van der Waals surface area contributed by atoms with Crippen molar-refractivity contribution in [2.45, 2.75) is 26.1 Å².